The molecule has 0 saturated carbocycles. The molecule has 0 amide bonds. The number of ketones is 1. The summed E-state index contributed by atoms with van der Waals surface area (Å²) in [6.07, 6.45) is 11.1. The number of aliphatic hydroxyl groups excluding tert-OH is 1. The molecule has 0 bridgehead atoms. The number of carbonyl (C=O) groups is 1. The maximum Gasteiger partial charge on any atom is 0.243 e. The quantitative estimate of drug-likeness (QED) is 0.374. The Morgan fingerprint density at radius 2 is 1.91 bits per heavy atom. The van der Waals surface area contributed by atoms with Gasteiger partial charge in [-0.2, -0.15) is 4.31 Å². The largest absolute Gasteiger partial charge is 0.479 e. The minimum absolute atomic E-state index is 0.0960. The number of fused-ring (bicyclic) bond motifs is 1. The van der Waals surface area contributed by atoms with Crippen LogP contribution in [0.3, 0.4) is 0 Å². The molecule has 0 aromatic heterocycles. The predicted octanol–water partition coefficient (Wildman–Crippen LogP) is 2.59. The van der Waals surface area contributed by atoms with Crippen LogP contribution < -0.4 is 5.32 Å². The van der Waals surface area contributed by atoms with Gasteiger partial charge in [0.25, 0.3) is 0 Å². The van der Waals surface area contributed by atoms with Gasteiger partial charge >= 0.3 is 0 Å². The average Bonchev–Trinajstić information content (AvgIpc) is 3.20. The van der Waals surface area contributed by atoms with Crippen LogP contribution in [0, 0.1) is 5.92 Å². The Labute approximate surface area is 194 Å². The molecule has 0 spiro atoms. The first kappa shape index (κ1) is 24.3. The van der Waals surface area contributed by atoms with Crippen LogP contribution in [0.15, 0.2) is 65.2 Å². The van der Waals surface area contributed by atoms with Gasteiger partial charge in [-0.15, -0.1) is 0 Å². The standard InChI is InChI=1S/C23H28N2O5S2/c1-17(31)30-16-23(27)18-7-9-20(10-8-18)32(28,29)25(12-4-14-26)13-11-19-15-24-22-6-3-2-5-21(19)22/h2-3,5-10,15,21-22,24,26H,4,11-14,16H2,1H3/t21?,22-/m0/s1. The monoisotopic (exact) mass is 476 g/mol. The molecule has 1 unspecified atom stereocenters. The summed E-state index contributed by atoms with van der Waals surface area (Å²) < 4.78 is 33.0. The van der Waals surface area contributed by atoms with Gasteiger partial charge in [-0.1, -0.05) is 24.3 Å². The molecule has 1 heterocycles. The summed E-state index contributed by atoms with van der Waals surface area (Å²) in [7, 11) is -3.78. The van der Waals surface area contributed by atoms with Crippen molar-refractivity contribution < 1.29 is 23.1 Å². The fourth-order valence-corrected chi connectivity index (χ4v) is 5.26. The van der Waals surface area contributed by atoms with E-state index in [1.54, 1.807) is 6.92 Å². The van der Waals surface area contributed by atoms with Gasteiger partial charge in [-0.3, -0.25) is 4.79 Å². The number of thiocarbonyl (C=S) groups is 1. The van der Waals surface area contributed by atoms with Crippen LogP contribution in [-0.2, 0) is 14.8 Å². The highest BCUT2D eigenvalue weighted by molar-refractivity contribution is 7.89. The molecule has 1 aliphatic heterocycles. The van der Waals surface area contributed by atoms with Crippen molar-refractivity contribution in [2.45, 2.75) is 30.7 Å². The Bertz CT molecular complexity index is 1030. The number of ether oxygens (including phenoxy) is 1. The Morgan fingerprint density at radius 1 is 1.19 bits per heavy atom. The molecule has 32 heavy (non-hydrogen) atoms. The number of carbonyl (C=O) groups excluding carboxylic acids is 1. The second-order valence-electron chi connectivity index (χ2n) is 7.67. The van der Waals surface area contributed by atoms with E-state index >= 15 is 0 Å². The van der Waals surface area contributed by atoms with Crippen molar-refractivity contribution in [3.8, 4) is 0 Å². The normalized spacial score (nSPS) is 19.4. The predicted molar refractivity (Wildman–Crippen MR) is 127 cm³/mol. The fourth-order valence-electron chi connectivity index (χ4n) is 3.72. The molecule has 3 rings (SSSR count). The van der Waals surface area contributed by atoms with Crippen LogP contribution in [0.25, 0.3) is 0 Å². The number of rotatable bonds is 11. The summed E-state index contributed by atoms with van der Waals surface area (Å²) in [5.41, 5.74) is 1.50. The molecule has 2 N–H and O–H groups in total. The smallest absolute Gasteiger partial charge is 0.243 e. The topological polar surface area (TPSA) is 95.9 Å². The van der Waals surface area contributed by atoms with Gasteiger partial charge in [0.2, 0.25) is 10.0 Å². The van der Waals surface area contributed by atoms with Crippen LogP contribution in [0.4, 0.5) is 0 Å². The second kappa shape index (κ2) is 11.0. The van der Waals surface area contributed by atoms with Crippen LogP contribution in [0.2, 0.25) is 0 Å². The van der Waals surface area contributed by atoms with Crippen molar-refractivity contribution in [3.63, 3.8) is 0 Å². The molecule has 7 nitrogen and oxygen atoms in total. The third-order valence-electron chi connectivity index (χ3n) is 5.46. The molecule has 0 radical (unpaired) electrons. The van der Waals surface area contributed by atoms with Crippen LogP contribution in [0.1, 0.15) is 30.1 Å². The number of hydrogen-bond acceptors (Lipinski definition) is 7. The van der Waals surface area contributed by atoms with Crippen molar-refractivity contribution in [2.24, 2.45) is 5.92 Å². The van der Waals surface area contributed by atoms with E-state index in [1.165, 1.54) is 28.6 Å². The lowest BCUT2D eigenvalue weighted by atomic mass is 9.90. The first-order valence-corrected chi connectivity index (χ1v) is 12.4. The van der Waals surface area contributed by atoms with Gasteiger partial charge in [-0.25, -0.2) is 8.42 Å². The summed E-state index contributed by atoms with van der Waals surface area (Å²) in [5, 5.41) is 12.8. The molecule has 1 aromatic rings. The molecule has 1 aromatic carbocycles. The molecular weight excluding hydrogens is 448 g/mol. The van der Waals surface area contributed by atoms with Crippen molar-refractivity contribution in [2.75, 3.05) is 26.3 Å². The zero-order valence-electron chi connectivity index (χ0n) is 17.9. The molecule has 0 saturated heterocycles. The van der Waals surface area contributed by atoms with Crippen molar-refractivity contribution in [3.05, 3.63) is 65.9 Å². The Morgan fingerprint density at radius 3 is 2.59 bits per heavy atom. The second-order valence-corrected chi connectivity index (χ2v) is 10.2. The number of nitrogens with zero attached hydrogens (tertiary/aromatic N) is 1. The summed E-state index contributed by atoms with van der Waals surface area (Å²) in [6.45, 7) is 1.82. The number of nitrogens with one attached hydrogen (secondary N) is 1. The number of benzene rings is 1. The lowest BCUT2D eigenvalue weighted by Gasteiger charge is -2.24. The summed E-state index contributed by atoms with van der Waals surface area (Å²) in [6, 6.07) is 6.04. The van der Waals surface area contributed by atoms with Crippen molar-refractivity contribution in [1.29, 1.82) is 0 Å². The molecule has 1 aliphatic carbocycles. The molecule has 9 heteroatoms. The minimum Gasteiger partial charge on any atom is -0.479 e. The number of aliphatic hydroxyl groups is 1. The lowest BCUT2D eigenvalue weighted by Crippen LogP contribution is -2.34. The Kier molecular flexibility index (Phi) is 8.36. The van der Waals surface area contributed by atoms with Crippen molar-refractivity contribution in [1.82, 2.24) is 9.62 Å². The highest BCUT2D eigenvalue weighted by Gasteiger charge is 2.29. The van der Waals surface area contributed by atoms with Crippen molar-refractivity contribution >= 4 is 33.1 Å². The van der Waals surface area contributed by atoms with Gasteiger partial charge in [0.15, 0.2) is 17.4 Å². The van der Waals surface area contributed by atoms with E-state index in [0.717, 1.165) is 5.57 Å². The van der Waals surface area contributed by atoms with Gasteiger partial charge in [-0.05, 0) is 61.1 Å². The summed E-state index contributed by atoms with van der Waals surface area (Å²) in [4.78, 5) is 12.3. The highest BCUT2D eigenvalue weighted by atomic mass is 32.2. The van der Waals surface area contributed by atoms with E-state index in [-0.39, 0.29) is 47.4 Å². The minimum atomic E-state index is -3.78. The maximum absolute atomic E-state index is 13.3. The number of hydrogen-bond donors (Lipinski definition) is 2. The van der Waals surface area contributed by atoms with E-state index in [1.807, 2.05) is 18.4 Å². The van der Waals surface area contributed by atoms with E-state index in [9.17, 15) is 18.3 Å². The summed E-state index contributed by atoms with van der Waals surface area (Å²) in [5.74, 6) is -0.0500. The van der Waals surface area contributed by atoms with Gasteiger partial charge in [0, 0.05) is 38.1 Å². The lowest BCUT2D eigenvalue weighted by molar-refractivity contribution is 0.0915. The molecule has 2 aliphatic rings. The first-order chi connectivity index (χ1) is 15.3. The van der Waals surface area contributed by atoms with E-state index in [2.05, 4.69) is 17.5 Å². The Balaban J connectivity index is 1.70. The van der Waals surface area contributed by atoms with E-state index < -0.39 is 10.0 Å². The van der Waals surface area contributed by atoms with Crippen LogP contribution in [0.5, 0.6) is 0 Å². The number of Topliss-reactive ketones (excluding diaryl/α,β-unsaturated/α-hetero) is 1. The maximum atomic E-state index is 13.3. The first-order valence-electron chi connectivity index (χ1n) is 10.5. The van der Waals surface area contributed by atoms with Gasteiger partial charge < -0.3 is 15.2 Å². The third-order valence-corrected chi connectivity index (χ3v) is 7.49. The third kappa shape index (κ3) is 5.92. The zero-order valence-corrected chi connectivity index (χ0v) is 19.6. The molecular formula is C23H28N2O5S2. The van der Waals surface area contributed by atoms with Gasteiger partial charge in [0.05, 0.1) is 10.9 Å². The molecule has 172 valence electrons. The number of allylic oxidation sites excluding steroid dienone is 2. The molecule has 2 atom stereocenters. The van der Waals surface area contributed by atoms with Crippen LogP contribution in [-0.4, -0.2) is 61.0 Å². The zero-order chi connectivity index (χ0) is 23.1. The SMILES string of the molecule is CC(=S)OCC(=O)c1ccc(S(=O)(=O)N(CCCO)CCC2=CN[C@H]3C=CC=CC23)cc1. The number of sulfonamides is 1. The van der Waals surface area contributed by atoms with Crippen LogP contribution >= 0.6 is 12.2 Å². The fraction of sp³-hybridized carbons (Fsp3) is 0.391. The van der Waals surface area contributed by atoms with Gasteiger partial charge in [0.1, 0.15) is 0 Å². The Hall–Kier alpha value is -2.33. The summed E-state index contributed by atoms with van der Waals surface area (Å²) >= 11 is 4.80. The highest BCUT2D eigenvalue weighted by Crippen LogP contribution is 2.29. The molecule has 0 fully saturated rings. The van der Waals surface area contributed by atoms with E-state index in [4.69, 9.17) is 17.0 Å². The van der Waals surface area contributed by atoms with E-state index in [0.29, 0.717) is 24.9 Å². The average molecular weight is 477 g/mol.